The summed E-state index contributed by atoms with van der Waals surface area (Å²) in [6, 6.07) is 14.1. The maximum Gasteiger partial charge on any atom is 0.270 e. The number of nitrogens with two attached hydrogens (primary N) is 1. The fourth-order valence-electron chi connectivity index (χ4n) is 2.34. The zero-order valence-corrected chi connectivity index (χ0v) is 11.7. The monoisotopic (exact) mass is 294 g/mol. The van der Waals surface area contributed by atoms with Gasteiger partial charge >= 0.3 is 0 Å². The lowest BCUT2D eigenvalue weighted by atomic mass is 10.1. The van der Waals surface area contributed by atoms with Crippen molar-refractivity contribution in [3.8, 4) is 11.4 Å². The Kier molecular flexibility index (Phi) is 3.57. The number of nitrogens with zero attached hydrogens (tertiary/aromatic N) is 3. The van der Waals surface area contributed by atoms with Crippen molar-refractivity contribution in [1.82, 2.24) is 9.55 Å². The first-order valence-corrected chi connectivity index (χ1v) is 6.74. The summed E-state index contributed by atoms with van der Waals surface area (Å²) in [5.41, 5.74) is 8.30. The number of nitrogen functional groups attached to an aromatic ring is 1. The molecule has 0 unspecified atom stereocenters. The molecule has 6 nitrogen and oxygen atoms in total. The number of non-ortho nitro benzene ring substituents is 1. The molecule has 0 aliphatic heterocycles. The van der Waals surface area contributed by atoms with E-state index in [9.17, 15) is 10.1 Å². The third-order valence-corrected chi connectivity index (χ3v) is 3.33. The van der Waals surface area contributed by atoms with E-state index in [1.165, 1.54) is 12.1 Å². The second-order valence-corrected chi connectivity index (χ2v) is 4.93. The summed E-state index contributed by atoms with van der Waals surface area (Å²) >= 11 is 0. The second-order valence-electron chi connectivity index (χ2n) is 4.93. The molecule has 2 N–H and O–H groups in total. The molecular weight excluding hydrogens is 280 g/mol. The van der Waals surface area contributed by atoms with Crippen LogP contribution in [0.2, 0.25) is 0 Å². The van der Waals surface area contributed by atoms with Crippen LogP contribution in [0.25, 0.3) is 11.4 Å². The van der Waals surface area contributed by atoms with Gasteiger partial charge in [-0.1, -0.05) is 24.3 Å². The van der Waals surface area contributed by atoms with Crippen molar-refractivity contribution in [2.45, 2.75) is 6.54 Å². The maximum atomic E-state index is 10.9. The highest BCUT2D eigenvalue weighted by Crippen LogP contribution is 2.23. The second kappa shape index (κ2) is 5.69. The Morgan fingerprint density at radius 3 is 2.77 bits per heavy atom. The molecule has 0 fully saturated rings. The Hall–Kier alpha value is -3.15. The summed E-state index contributed by atoms with van der Waals surface area (Å²) < 4.78 is 1.94. The molecule has 0 atom stereocenters. The van der Waals surface area contributed by atoms with Gasteiger partial charge in [0.2, 0.25) is 0 Å². The van der Waals surface area contributed by atoms with E-state index >= 15 is 0 Å². The van der Waals surface area contributed by atoms with Crippen molar-refractivity contribution in [3.63, 3.8) is 0 Å². The number of hydrogen-bond acceptors (Lipinski definition) is 4. The van der Waals surface area contributed by atoms with Gasteiger partial charge in [0.1, 0.15) is 5.82 Å². The Labute approximate surface area is 127 Å². The fraction of sp³-hybridized carbons (Fsp3) is 0.0625. The molecule has 0 amide bonds. The third kappa shape index (κ3) is 2.80. The van der Waals surface area contributed by atoms with Crippen molar-refractivity contribution in [1.29, 1.82) is 0 Å². The van der Waals surface area contributed by atoms with Gasteiger partial charge < -0.3 is 10.3 Å². The number of anilines is 1. The Morgan fingerprint density at radius 2 is 2.00 bits per heavy atom. The quantitative estimate of drug-likeness (QED) is 0.455. The smallest absolute Gasteiger partial charge is 0.270 e. The average molecular weight is 294 g/mol. The summed E-state index contributed by atoms with van der Waals surface area (Å²) in [6.07, 6.45) is 3.53. The molecule has 3 aromatic rings. The highest BCUT2D eigenvalue weighted by atomic mass is 16.6. The van der Waals surface area contributed by atoms with Gasteiger partial charge in [0, 0.05) is 42.3 Å². The lowest BCUT2D eigenvalue weighted by Crippen LogP contribution is -2.02. The lowest BCUT2D eigenvalue weighted by molar-refractivity contribution is -0.384. The van der Waals surface area contributed by atoms with Gasteiger partial charge in [-0.25, -0.2) is 4.98 Å². The number of imidazole rings is 1. The highest BCUT2D eigenvalue weighted by molar-refractivity contribution is 5.59. The van der Waals surface area contributed by atoms with Crippen LogP contribution in [0.5, 0.6) is 0 Å². The third-order valence-electron chi connectivity index (χ3n) is 3.33. The van der Waals surface area contributed by atoms with Gasteiger partial charge in [-0.15, -0.1) is 0 Å². The molecule has 6 heteroatoms. The van der Waals surface area contributed by atoms with Crippen LogP contribution in [0, 0.1) is 10.1 Å². The number of rotatable bonds is 4. The minimum atomic E-state index is -0.408. The average Bonchev–Trinajstić information content (AvgIpc) is 2.95. The summed E-state index contributed by atoms with van der Waals surface area (Å²) in [6.45, 7) is 0.600. The van der Waals surface area contributed by atoms with Crippen molar-refractivity contribution in [2.24, 2.45) is 0 Å². The van der Waals surface area contributed by atoms with Gasteiger partial charge in [-0.05, 0) is 17.7 Å². The Morgan fingerprint density at radius 1 is 1.18 bits per heavy atom. The Balaban J connectivity index is 1.95. The first-order valence-electron chi connectivity index (χ1n) is 6.74. The molecule has 0 saturated carbocycles. The molecule has 0 saturated heterocycles. The van der Waals surface area contributed by atoms with E-state index in [2.05, 4.69) is 4.98 Å². The maximum absolute atomic E-state index is 10.9. The van der Waals surface area contributed by atoms with Gasteiger partial charge in [-0.2, -0.15) is 0 Å². The predicted octanol–water partition coefficient (Wildman–Crippen LogP) is 3.09. The first-order chi connectivity index (χ1) is 10.6. The molecule has 1 aromatic heterocycles. The normalized spacial score (nSPS) is 10.5. The van der Waals surface area contributed by atoms with E-state index < -0.39 is 4.92 Å². The molecule has 0 spiro atoms. The zero-order chi connectivity index (χ0) is 15.5. The zero-order valence-electron chi connectivity index (χ0n) is 11.7. The molecule has 1 heterocycles. The molecule has 2 aromatic carbocycles. The highest BCUT2D eigenvalue weighted by Gasteiger charge is 2.11. The topological polar surface area (TPSA) is 87.0 Å². The van der Waals surface area contributed by atoms with Crippen LogP contribution in [-0.2, 0) is 6.54 Å². The fourth-order valence-corrected chi connectivity index (χ4v) is 2.34. The molecule has 0 radical (unpaired) electrons. The minimum absolute atomic E-state index is 0.0519. The number of nitro groups is 1. The van der Waals surface area contributed by atoms with Crippen molar-refractivity contribution < 1.29 is 4.92 Å². The number of nitro benzene ring substituents is 1. The van der Waals surface area contributed by atoms with E-state index in [1.807, 2.05) is 41.1 Å². The van der Waals surface area contributed by atoms with E-state index in [0.29, 0.717) is 23.6 Å². The van der Waals surface area contributed by atoms with Crippen molar-refractivity contribution in [2.75, 3.05) is 5.73 Å². The number of hydrogen-bond donors (Lipinski definition) is 1. The molecule has 0 bridgehead atoms. The predicted molar refractivity (Wildman–Crippen MR) is 84.3 cm³/mol. The standard InChI is InChI=1S/C16H14N4O2/c17-14-5-1-3-12(9-14)11-19-8-7-18-16(19)13-4-2-6-15(10-13)20(21)22/h1-10H,11,17H2. The van der Waals surface area contributed by atoms with E-state index in [1.54, 1.807) is 12.3 Å². The van der Waals surface area contributed by atoms with Crippen LogP contribution in [0.1, 0.15) is 5.56 Å². The first kappa shape index (κ1) is 13.8. The van der Waals surface area contributed by atoms with Crippen molar-refractivity contribution in [3.05, 3.63) is 76.6 Å². The lowest BCUT2D eigenvalue weighted by Gasteiger charge is -2.08. The summed E-state index contributed by atoms with van der Waals surface area (Å²) in [5.74, 6) is 0.686. The van der Waals surface area contributed by atoms with E-state index in [-0.39, 0.29) is 5.69 Å². The van der Waals surface area contributed by atoms with Crippen LogP contribution < -0.4 is 5.73 Å². The molecule has 3 rings (SSSR count). The van der Waals surface area contributed by atoms with E-state index in [0.717, 1.165) is 5.56 Å². The van der Waals surface area contributed by atoms with Gasteiger partial charge in [0.15, 0.2) is 0 Å². The number of benzene rings is 2. The van der Waals surface area contributed by atoms with Crippen molar-refractivity contribution >= 4 is 11.4 Å². The van der Waals surface area contributed by atoms with E-state index in [4.69, 9.17) is 5.73 Å². The molecule has 22 heavy (non-hydrogen) atoms. The van der Waals surface area contributed by atoms with Crippen LogP contribution in [0.4, 0.5) is 11.4 Å². The minimum Gasteiger partial charge on any atom is -0.399 e. The van der Waals surface area contributed by atoms with Crippen LogP contribution in [0.15, 0.2) is 60.9 Å². The summed E-state index contributed by atoms with van der Waals surface area (Å²) in [4.78, 5) is 14.8. The molecule has 0 aliphatic rings. The molecule has 0 aliphatic carbocycles. The van der Waals surface area contributed by atoms with Crippen LogP contribution in [0.3, 0.4) is 0 Å². The molecular formula is C16H14N4O2. The van der Waals surface area contributed by atoms with Gasteiger partial charge in [-0.3, -0.25) is 10.1 Å². The van der Waals surface area contributed by atoms with Crippen LogP contribution >= 0.6 is 0 Å². The molecule has 110 valence electrons. The van der Waals surface area contributed by atoms with Crippen LogP contribution in [-0.4, -0.2) is 14.5 Å². The summed E-state index contributed by atoms with van der Waals surface area (Å²) in [5, 5.41) is 10.9. The Bertz CT molecular complexity index is 826. The van der Waals surface area contributed by atoms with Gasteiger partial charge in [0.25, 0.3) is 5.69 Å². The number of aromatic nitrogens is 2. The SMILES string of the molecule is Nc1cccc(Cn2ccnc2-c2cccc([N+](=O)[O-])c2)c1. The van der Waals surface area contributed by atoms with Gasteiger partial charge in [0.05, 0.1) is 4.92 Å². The largest absolute Gasteiger partial charge is 0.399 e. The summed E-state index contributed by atoms with van der Waals surface area (Å²) in [7, 11) is 0.